The maximum absolute atomic E-state index is 12.0. The molecular weight excluding hydrogens is 242 g/mol. The third-order valence-corrected chi connectivity index (χ3v) is 3.53. The SMILES string of the molecule is Cc1ccc(NC(=O)NC2(CN)CCOCC2)cc1. The van der Waals surface area contributed by atoms with Gasteiger partial charge in [0.15, 0.2) is 0 Å². The highest BCUT2D eigenvalue weighted by Crippen LogP contribution is 2.19. The van der Waals surface area contributed by atoms with Crippen molar-refractivity contribution < 1.29 is 9.53 Å². The predicted octanol–water partition coefficient (Wildman–Crippen LogP) is 1.62. The van der Waals surface area contributed by atoms with Crippen LogP contribution in [0.5, 0.6) is 0 Å². The molecule has 1 aliphatic rings. The summed E-state index contributed by atoms with van der Waals surface area (Å²) >= 11 is 0. The van der Waals surface area contributed by atoms with Crippen molar-refractivity contribution in [3.63, 3.8) is 0 Å². The quantitative estimate of drug-likeness (QED) is 0.775. The van der Waals surface area contributed by atoms with E-state index in [-0.39, 0.29) is 11.6 Å². The zero-order chi connectivity index (χ0) is 13.7. The second-order valence-electron chi connectivity index (χ2n) is 5.04. The molecule has 0 unspecified atom stereocenters. The van der Waals surface area contributed by atoms with Crippen LogP contribution < -0.4 is 16.4 Å². The van der Waals surface area contributed by atoms with Crippen molar-refractivity contribution >= 4 is 11.7 Å². The third-order valence-electron chi connectivity index (χ3n) is 3.53. The topological polar surface area (TPSA) is 76.4 Å². The molecular formula is C14H21N3O2. The Balaban J connectivity index is 1.94. The molecule has 2 amide bonds. The van der Waals surface area contributed by atoms with Crippen molar-refractivity contribution in [1.82, 2.24) is 5.32 Å². The van der Waals surface area contributed by atoms with Gasteiger partial charge >= 0.3 is 6.03 Å². The van der Waals surface area contributed by atoms with Gasteiger partial charge in [-0.3, -0.25) is 0 Å². The van der Waals surface area contributed by atoms with E-state index in [4.69, 9.17) is 10.5 Å². The molecule has 19 heavy (non-hydrogen) atoms. The number of aryl methyl sites for hydroxylation is 1. The van der Waals surface area contributed by atoms with E-state index in [2.05, 4.69) is 10.6 Å². The number of benzene rings is 1. The molecule has 1 aromatic carbocycles. The number of hydrogen-bond donors (Lipinski definition) is 3. The minimum atomic E-state index is -0.340. The lowest BCUT2D eigenvalue weighted by molar-refractivity contribution is 0.0463. The molecule has 5 nitrogen and oxygen atoms in total. The first-order valence-electron chi connectivity index (χ1n) is 6.57. The summed E-state index contributed by atoms with van der Waals surface area (Å²) < 4.78 is 5.31. The van der Waals surface area contributed by atoms with Crippen molar-refractivity contribution in [2.45, 2.75) is 25.3 Å². The molecule has 1 saturated heterocycles. The second-order valence-corrected chi connectivity index (χ2v) is 5.04. The second kappa shape index (κ2) is 6.04. The fourth-order valence-corrected chi connectivity index (χ4v) is 2.18. The van der Waals surface area contributed by atoms with Gasteiger partial charge in [-0.05, 0) is 31.9 Å². The number of amides is 2. The Bertz CT molecular complexity index is 425. The van der Waals surface area contributed by atoms with Gasteiger partial charge in [0.05, 0.1) is 5.54 Å². The van der Waals surface area contributed by atoms with E-state index in [1.165, 1.54) is 0 Å². The van der Waals surface area contributed by atoms with E-state index in [0.29, 0.717) is 19.8 Å². The average molecular weight is 263 g/mol. The Kier molecular flexibility index (Phi) is 4.39. The van der Waals surface area contributed by atoms with Gasteiger partial charge < -0.3 is 21.1 Å². The molecule has 4 N–H and O–H groups in total. The maximum Gasteiger partial charge on any atom is 0.319 e. The van der Waals surface area contributed by atoms with Gasteiger partial charge in [-0.2, -0.15) is 0 Å². The highest BCUT2D eigenvalue weighted by atomic mass is 16.5. The van der Waals surface area contributed by atoms with E-state index in [1.54, 1.807) is 0 Å². The van der Waals surface area contributed by atoms with E-state index >= 15 is 0 Å². The van der Waals surface area contributed by atoms with Crippen LogP contribution in [0.2, 0.25) is 0 Å². The Morgan fingerprint density at radius 3 is 2.53 bits per heavy atom. The molecule has 2 rings (SSSR count). The number of carbonyl (C=O) groups is 1. The van der Waals surface area contributed by atoms with Crippen LogP contribution in [-0.4, -0.2) is 31.3 Å². The summed E-state index contributed by atoms with van der Waals surface area (Å²) in [6.07, 6.45) is 1.51. The van der Waals surface area contributed by atoms with Crippen LogP contribution in [0, 0.1) is 6.92 Å². The maximum atomic E-state index is 12.0. The van der Waals surface area contributed by atoms with Crippen LogP contribution in [0.3, 0.4) is 0 Å². The van der Waals surface area contributed by atoms with Gasteiger partial charge in [-0.1, -0.05) is 17.7 Å². The summed E-state index contributed by atoms with van der Waals surface area (Å²) in [6.45, 7) is 3.72. The summed E-state index contributed by atoms with van der Waals surface area (Å²) in [7, 11) is 0. The van der Waals surface area contributed by atoms with Crippen molar-refractivity contribution in [2.75, 3.05) is 25.1 Å². The van der Waals surface area contributed by atoms with Crippen molar-refractivity contribution in [2.24, 2.45) is 5.73 Å². The van der Waals surface area contributed by atoms with E-state index < -0.39 is 0 Å². The van der Waals surface area contributed by atoms with Gasteiger partial charge in [0.2, 0.25) is 0 Å². The number of carbonyl (C=O) groups excluding carboxylic acids is 1. The normalized spacial score (nSPS) is 17.8. The molecule has 0 spiro atoms. The first-order chi connectivity index (χ1) is 9.13. The number of nitrogens with one attached hydrogen (secondary N) is 2. The summed E-state index contributed by atoms with van der Waals surface area (Å²) in [6, 6.07) is 7.48. The molecule has 0 aromatic heterocycles. The molecule has 0 bridgehead atoms. The van der Waals surface area contributed by atoms with Crippen LogP contribution in [0.4, 0.5) is 10.5 Å². The fraction of sp³-hybridized carbons (Fsp3) is 0.500. The fourth-order valence-electron chi connectivity index (χ4n) is 2.18. The van der Waals surface area contributed by atoms with E-state index in [1.807, 2.05) is 31.2 Å². The van der Waals surface area contributed by atoms with Gasteiger partial charge in [-0.15, -0.1) is 0 Å². The van der Waals surface area contributed by atoms with E-state index in [0.717, 1.165) is 24.1 Å². The molecule has 0 atom stereocenters. The molecule has 1 aromatic rings. The monoisotopic (exact) mass is 263 g/mol. The lowest BCUT2D eigenvalue weighted by atomic mass is 9.90. The number of hydrogen-bond acceptors (Lipinski definition) is 3. The van der Waals surface area contributed by atoms with Crippen LogP contribution in [0.15, 0.2) is 24.3 Å². The van der Waals surface area contributed by atoms with Crippen LogP contribution in [0.25, 0.3) is 0 Å². The largest absolute Gasteiger partial charge is 0.381 e. The molecule has 5 heteroatoms. The highest BCUT2D eigenvalue weighted by Gasteiger charge is 2.32. The molecule has 1 fully saturated rings. The highest BCUT2D eigenvalue weighted by molar-refractivity contribution is 5.89. The van der Waals surface area contributed by atoms with E-state index in [9.17, 15) is 4.79 Å². The first-order valence-corrected chi connectivity index (χ1v) is 6.57. The number of ether oxygens (including phenoxy) is 1. The van der Waals surface area contributed by atoms with Crippen LogP contribution in [-0.2, 0) is 4.74 Å². The Morgan fingerprint density at radius 2 is 1.95 bits per heavy atom. The third kappa shape index (κ3) is 3.68. The first kappa shape index (κ1) is 13.8. The Hall–Kier alpha value is -1.59. The van der Waals surface area contributed by atoms with Crippen LogP contribution in [0.1, 0.15) is 18.4 Å². The van der Waals surface area contributed by atoms with Crippen LogP contribution >= 0.6 is 0 Å². The number of nitrogens with two attached hydrogens (primary N) is 1. The van der Waals surface area contributed by atoms with Crippen molar-refractivity contribution in [3.8, 4) is 0 Å². The lowest BCUT2D eigenvalue weighted by Gasteiger charge is -2.36. The Morgan fingerprint density at radius 1 is 1.32 bits per heavy atom. The van der Waals surface area contributed by atoms with Gasteiger partial charge in [0.1, 0.15) is 0 Å². The van der Waals surface area contributed by atoms with Gasteiger partial charge in [0, 0.05) is 25.4 Å². The number of anilines is 1. The summed E-state index contributed by atoms with van der Waals surface area (Å²) in [5.41, 5.74) is 7.40. The van der Waals surface area contributed by atoms with Gasteiger partial charge in [0.25, 0.3) is 0 Å². The molecule has 0 saturated carbocycles. The molecule has 104 valence electrons. The number of rotatable bonds is 3. The minimum absolute atomic E-state index is 0.212. The summed E-state index contributed by atoms with van der Waals surface area (Å²) in [4.78, 5) is 12.0. The standard InChI is InChI=1S/C14H21N3O2/c1-11-2-4-12(5-3-11)16-13(18)17-14(10-15)6-8-19-9-7-14/h2-5H,6-10,15H2,1H3,(H2,16,17,18). The lowest BCUT2D eigenvalue weighted by Crippen LogP contribution is -2.57. The molecule has 1 heterocycles. The number of urea groups is 1. The zero-order valence-corrected chi connectivity index (χ0v) is 11.2. The smallest absolute Gasteiger partial charge is 0.319 e. The Labute approximate surface area is 113 Å². The van der Waals surface area contributed by atoms with Gasteiger partial charge in [-0.25, -0.2) is 4.79 Å². The molecule has 0 radical (unpaired) electrons. The minimum Gasteiger partial charge on any atom is -0.381 e. The zero-order valence-electron chi connectivity index (χ0n) is 11.2. The summed E-state index contributed by atoms with van der Waals surface area (Å²) in [5, 5.41) is 5.82. The van der Waals surface area contributed by atoms with Crippen molar-refractivity contribution in [3.05, 3.63) is 29.8 Å². The molecule has 0 aliphatic carbocycles. The summed E-state index contributed by atoms with van der Waals surface area (Å²) in [5.74, 6) is 0. The van der Waals surface area contributed by atoms with Crippen molar-refractivity contribution in [1.29, 1.82) is 0 Å². The predicted molar refractivity (Wildman–Crippen MR) is 75.2 cm³/mol. The molecule has 1 aliphatic heterocycles. The average Bonchev–Trinajstić information content (AvgIpc) is 2.42.